The second kappa shape index (κ2) is 10.2. The molecule has 1 aliphatic rings. The highest BCUT2D eigenvalue weighted by molar-refractivity contribution is 5.75. The number of anilines is 2. The van der Waals surface area contributed by atoms with Crippen LogP contribution >= 0.6 is 0 Å². The average molecular weight is 457 g/mol. The number of hydrogen-bond donors (Lipinski definition) is 0. The number of nitrogens with zero attached hydrogens (tertiary/aromatic N) is 6. The van der Waals surface area contributed by atoms with Crippen molar-refractivity contribution in [1.29, 1.82) is 0 Å². The first kappa shape index (κ1) is 22.3. The van der Waals surface area contributed by atoms with Crippen molar-refractivity contribution in [3.8, 4) is 5.75 Å². The molecule has 0 bridgehead atoms. The molecule has 1 fully saturated rings. The lowest BCUT2D eigenvalue weighted by Gasteiger charge is -2.45. The summed E-state index contributed by atoms with van der Waals surface area (Å²) >= 11 is 0. The van der Waals surface area contributed by atoms with E-state index in [0.717, 1.165) is 60.8 Å². The number of aromatic nitrogens is 4. The molecule has 0 N–H and O–H groups in total. The normalized spacial score (nSPS) is 17.6. The quantitative estimate of drug-likeness (QED) is 0.336. The van der Waals surface area contributed by atoms with Crippen LogP contribution in [-0.4, -0.2) is 50.2 Å². The summed E-state index contributed by atoms with van der Waals surface area (Å²) in [5.41, 5.74) is 3.14. The minimum absolute atomic E-state index is 0.374. The van der Waals surface area contributed by atoms with E-state index in [1.54, 1.807) is 17.2 Å². The molecular formula is C27H32N6O. The molecule has 34 heavy (non-hydrogen) atoms. The zero-order chi connectivity index (χ0) is 23.3. The molecule has 2 aromatic heterocycles. The third kappa shape index (κ3) is 4.75. The lowest BCUT2D eigenvalue weighted by molar-refractivity contribution is 0.170. The third-order valence-electron chi connectivity index (χ3n) is 6.76. The summed E-state index contributed by atoms with van der Waals surface area (Å²) in [6.45, 7) is 8.38. The van der Waals surface area contributed by atoms with Gasteiger partial charge < -0.3 is 14.5 Å². The molecular weight excluding hydrogens is 424 g/mol. The summed E-state index contributed by atoms with van der Waals surface area (Å²) in [5.74, 6) is 2.44. The Morgan fingerprint density at radius 3 is 2.65 bits per heavy atom. The fourth-order valence-electron chi connectivity index (χ4n) is 4.81. The Balaban J connectivity index is 1.41. The Kier molecular flexibility index (Phi) is 6.72. The fraction of sp³-hybridized carbons (Fsp3) is 0.370. The molecule has 1 saturated carbocycles. The Morgan fingerprint density at radius 1 is 1.03 bits per heavy atom. The maximum Gasteiger partial charge on any atom is 0.162 e. The summed E-state index contributed by atoms with van der Waals surface area (Å²) in [5, 5.41) is 4.32. The van der Waals surface area contributed by atoms with Gasteiger partial charge in [0.2, 0.25) is 0 Å². The van der Waals surface area contributed by atoms with E-state index in [-0.39, 0.29) is 0 Å². The second-order valence-corrected chi connectivity index (χ2v) is 8.93. The summed E-state index contributed by atoms with van der Waals surface area (Å²) in [6.07, 6.45) is 7.44. The van der Waals surface area contributed by atoms with Crippen molar-refractivity contribution in [1.82, 2.24) is 24.5 Å². The molecule has 0 aliphatic heterocycles. The lowest BCUT2D eigenvalue weighted by Crippen LogP contribution is -2.46. The van der Waals surface area contributed by atoms with Crippen LogP contribution in [0.4, 0.5) is 11.5 Å². The molecule has 5 rings (SSSR count). The molecule has 0 atom stereocenters. The Bertz CT molecular complexity index is 1200. The van der Waals surface area contributed by atoms with Crippen molar-refractivity contribution < 1.29 is 4.74 Å². The van der Waals surface area contributed by atoms with Gasteiger partial charge in [-0.05, 0) is 49.5 Å². The minimum atomic E-state index is 0.374. The van der Waals surface area contributed by atoms with Gasteiger partial charge >= 0.3 is 0 Å². The third-order valence-corrected chi connectivity index (χ3v) is 6.76. The largest absolute Gasteiger partial charge is 0.489 e. The molecule has 4 aromatic rings. The first-order valence-corrected chi connectivity index (χ1v) is 12.2. The van der Waals surface area contributed by atoms with E-state index in [4.69, 9.17) is 9.72 Å². The average Bonchev–Trinajstić information content (AvgIpc) is 3.34. The van der Waals surface area contributed by atoms with Crippen molar-refractivity contribution in [3.63, 3.8) is 0 Å². The van der Waals surface area contributed by atoms with Gasteiger partial charge in [0, 0.05) is 24.3 Å². The van der Waals surface area contributed by atoms with Crippen molar-refractivity contribution in [2.24, 2.45) is 5.92 Å². The first-order chi connectivity index (χ1) is 16.7. The predicted molar refractivity (Wildman–Crippen MR) is 134 cm³/mol. The Morgan fingerprint density at radius 2 is 1.85 bits per heavy atom. The number of ether oxygens (including phenoxy) is 1. The Labute approximate surface area is 201 Å². The van der Waals surface area contributed by atoms with Crippen molar-refractivity contribution in [2.45, 2.75) is 39.3 Å². The zero-order valence-corrected chi connectivity index (χ0v) is 19.9. The van der Waals surface area contributed by atoms with Gasteiger partial charge in [-0.3, -0.25) is 0 Å². The van der Waals surface area contributed by atoms with E-state index in [9.17, 15) is 0 Å². The number of rotatable bonds is 10. The number of hydrogen-bond acceptors (Lipinski definition) is 6. The van der Waals surface area contributed by atoms with Crippen LogP contribution in [0.25, 0.3) is 5.52 Å². The summed E-state index contributed by atoms with van der Waals surface area (Å²) in [7, 11) is 0. The topological polar surface area (TPSA) is 58.8 Å². The maximum atomic E-state index is 6.14. The van der Waals surface area contributed by atoms with Crippen molar-refractivity contribution in [3.05, 3.63) is 79.0 Å². The van der Waals surface area contributed by atoms with Gasteiger partial charge in [-0.2, -0.15) is 5.10 Å². The molecule has 0 amide bonds. The lowest BCUT2D eigenvalue weighted by atomic mass is 9.78. The van der Waals surface area contributed by atoms with Crippen LogP contribution in [-0.2, 0) is 6.61 Å². The maximum absolute atomic E-state index is 6.14. The standard InChI is InChI=1S/C27H32N6O/c1-3-31(4-2)17-22-13-24(14-22)33(27-26-16-28-20-32(26)30-19-29-27)23-11-8-12-25(15-23)34-18-21-9-6-5-7-10-21/h5-12,15-16,19-20,22,24H,3-4,13-14,17-18H2,1-2H3. The van der Waals surface area contributed by atoms with Gasteiger partial charge in [-0.25, -0.2) is 14.5 Å². The fourth-order valence-corrected chi connectivity index (χ4v) is 4.81. The van der Waals surface area contributed by atoms with Crippen LogP contribution in [0.15, 0.2) is 73.4 Å². The number of fused-ring (bicyclic) bond motifs is 1. The van der Waals surface area contributed by atoms with E-state index in [2.05, 4.69) is 64.1 Å². The monoisotopic (exact) mass is 456 g/mol. The molecule has 0 spiro atoms. The van der Waals surface area contributed by atoms with Gasteiger partial charge in [0.25, 0.3) is 0 Å². The molecule has 2 heterocycles. The van der Waals surface area contributed by atoms with Gasteiger partial charge in [0.1, 0.15) is 30.5 Å². The molecule has 7 nitrogen and oxygen atoms in total. The van der Waals surface area contributed by atoms with E-state index >= 15 is 0 Å². The van der Waals surface area contributed by atoms with Crippen LogP contribution in [0.1, 0.15) is 32.3 Å². The molecule has 7 heteroatoms. The highest BCUT2D eigenvalue weighted by Crippen LogP contribution is 2.41. The molecule has 0 radical (unpaired) electrons. The van der Waals surface area contributed by atoms with E-state index in [0.29, 0.717) is 18.6 Å². The van der Waals surface area contributed by atoms with Gasteiger partial charge in [0.05, 0.1) is 6.20 Å². The van der Waals surface area contributed by atoms with E-state index in [1.807, 2.05) is 30.5 Å². The first-order valence-electron chi connectivity index (χ1n) is 12.2. The van der Waals surface area contributed by atoms with Crippen LogP contribution in [0.5, 0.6) is 5.75 Å². The van der Waals surface area contributed by atoms with E-state index < -0.39 is 0 Å². The SMILES string of the molecule is CCN(CC)CC1CC(N(c2cccc(OCc3ccccc3)c2)c2ncnn3cncc23)C1. The van der Waals surface area contributed by atoms with Gasteiger partial charge in [0.15, 0.2) is 5.82 Å². The van der Waals surface area contributed by atoms with Gasteiger partial charge in [-0.15, -0.1) is 0 Å². The zero-order valence-electron chi connectivity index (χ0n) is 19.9. The Hall–Kier alpha value is -3.45. The molecule has 1 aliphatic carbocycles. The summed E-state index contributed by atoms with van der Waals surface area (Å²) in [6, 6.07) is 19.0. The van der Waals surface area contributed by atoms with Crippen LogP contribution in [0, 0.1) is 5.92 Å². The molecule has 0 saturated heterocycles. The van der Waals surface area contributed by atoms with Crippen LogP contribution < -0.4 is 9.64 Å². The minimum Gasteiger partial charge on any atom is -0.489 e. The molecule has 176 valence electrons. The van der Waals surface area contributed by atoms with Gasteiger partial charge in [-0.1, -0.05) is 50.2 Å². The number of benzene rings is 2. The highest BCUT2D eigenvalue weighted by Gasteiger charge is 2.36. The summed E-state index contributed by atoms with van der Waals surface area (Å²) in [4.78, 5) is 13.9. The predicted octanol–water partition coefficient (Wildman–Crippen LogP) is 4.96. The van der Waals surface area contributed by atoms with Crippen LogP contribution in [0.3, 0.4) is 0 Å². The van der Waals surface area contributed by atoms with E-state index in [1.165, 1.54) is 0 Å². The molecule has 2 aromatic carbocycles. The van der Waals surface area contributed by atoms with Crippen LogP contribution in [0.2, 0.25) is 0 Å². The smallest absolute Gasteiger partial charge is 0.162 e. The number of imidazole rings is 1. The second-order valence-electron chi connectivity index (χ2n) is 8.93. The van der Waals surface area contributed by atoms with Crippen molar-refractivity contribution in [2.75, 3.05) is 24.5 Å². The summed E-state index contributed by atoms with van der Waals surface area (Å²) < 4.78 is 7.93. The molecule has 0 unspecified atom stereocenters. The highest BCUT2D eigenvalue weighted by atomic mass is 16.5. The van der Waals surface area contributed by atoms with Crippen molar-refractivity contribution >= 4 is 17.0 Å².